The van der Waals surface area contributed by atoms with E-state index in [9.17, 15) is 0 Å². The Kier molecular flexibility index (Phi) is 3.04. The molecule has 0 radical (unpaired) electrons. The summed E-state index contributed by atoms with van der Waals surface area (Å²) in [4.78, 5) is 0. The quantitative estimate of drug-likeness (QED) is 0.761. The van der Waals surface area contributed by atoms with E-state index >= 15 is 0 Å². The average Bonchev–Trinajstić information content (AvgIpc) is 2.13. The summed E-state index contributed by atoms with van der Waals surface area (Å²) in [6, 6.07) is 11.7. The van der Waals surface area contributed by atoms with Crippen LogP contribution < -0.4 is 10.6 Å². The second-order valence-corrected chi connectivity index (χ2v) is 4.09. The van der Waals surface area contributed by atoms with Crippen molar-refractivity contribution in [2.75, 3.05) is 11.9 Å². The summed E-state index contributed by atoms with van der Waals surface area (Å²) < 4.78 is 0. The first-order chi connectivity index (χ1) is 6.84. The van der Waals surface area contributed by atoms with E-state index in [0.29, 0.717) is 6.04 Å². The zero-order valence-corrected chi connectivity index (χ0v) is 8.66. The summed E-state index contributed by atoms with van der Waals surface area (Å²) in [7, 11) is 0. The molecule has 14 heavy (non-hydrogen) atoms. The van der Waals surface area contributed by atoms with Gasteiger partial charge < -0.3 is 10.6 Å². The van der Waals surface area contributed by atoms with Crippen LogP contribution in [0.25, 0.3) is 0 Å². The molecular weight excluding hydrogens is 172 g/mol. The molecule has 1 aromatic carbocycles. The molecule has 1 aliphatic heterocycles. The van der Waals surface area contributed by atoms with Gasteiger partial charge in [0.1, 0.15) is 0 Å². The summed E-state index contributed by atoms with van der Waals surface area (Å²) in [5.41, 5.74) is 1.22. The van der Waals surface area contributed by atoms with E-state index in [1.807, 2.05) is 6.07 Å². The molecule has 2 atom stereocenters. The molecule has 2 heteroatoms. The molecule has 1 aliphatic rings. The number of nitrogens with one attached hydrogen (secondary N) is 2. The molecule has 1 saturated heterocycles. The van der Waals surface area contributed by atoms with Gasteiger partial charge >= 0.3 is 0 Å². The third-order valence-corrected chi connectivity index (χ3v) is 2.75. The Bertz CT molecular complexity index is 267. The molecule has 2 unspecified atom stereocenters. The van der Waals surface area contributed by atoms with Gasteiger partial charge in [-0.25, -0.2) is 0 Å². The molecule has 1 heterocycles. The Balaban J connectivity index is 1.79. The van der Waals surface area contributed by atoms with Crippen LogP contribution in [0.4, 0.5) is 5.69 Å². The molecule has 0 bridgehead atoms. The van der Waals surface area contributed by atoms with Crippen LogP contribution in [-0.2, 0) is 0 Å². The molecule has 0 aliphatic carbocycles. The van der Waals surface area contributed by atoms with Crippen molar-refractivity contribution in [1.82, 2.24) is 5.32 Å². The van der Waals surface area contributed by atoms with E-state index in [0.717, 1.165) is 6.04 Å². The lowest BCUT2D eigenvalue weighted by Gasteiger charge is -2.30. The Morgan fingerprint density at radius 1 is 1.43 bits per heavy atom. The maximum Gasteiger partial charge on any atom is 0.0342 e. The molecule has 0 saturated carbocycles. The summed E-state index contributed by atoms with van der Waals surface area (Å²) in [6.07, 6.45) is 2.55. The van der Waals surface area contributed by atoms with Crippen molar-refractivity contribution in [3.63, 3.8) is 0 Å². The highest BCUT2D eigenvalue weighted by Crippen LogP contribution is 2.13. The van der Waals surface area contributed by atoms with Crippen molar-refractivity contribution >= 4 is 5.69 Å². The van der Waals surface area contributed by atoms with Crippen molar-refractivity contribution in [1.29, 1.82) is 0 Å². The number of anilines is 1. The monoisotopic (exact) mass is 190 g/mol. The van der Waals surface area contributed by atoms with Crippen LogP contribution in [0.3, 0.4) is 0 Å². The fraction of sp³-hybridized carbons (Fsp3) is 0.500. The topological polar surface area (TPSA) is 24.1 Å². The van der Waals surface area contributed by atoms with E-state index in [4.69, 9.17) is 0 Å². The van der Waals surface area contributed by atoms with Gasteiger partial charge in [-0.3, -0.25) is 0 Å². The molecule has 1 aromatic rings. The summed E-state index contributed by atoms with van der Waals surface area (Å²) in [5.74, 6) is 0. The first kappa shape index (κ1) is 9.53. The maximum absolute atomic E-state index is 3.50. The molecule has 0 aromatic heterocycles. The molecule has 0 spiro atoms. The van der Waals surface area contributed by atoms with Gasteiger partial charge in [-0.15, -0.1) is 0 Å². The smallest absolute Gasteiger partial charge is 0.0342 e. The van der Waals surface area contributed by atoms with Crippen LogP contribution in [0.5, 0.6) is 0 Å². The highest BCUT2D eigenvalue weighted by atomic mass is 15.0. The highest BCUT2D eigenvalue weighted by molar-refractivity contribution is 5.43. The fourth-order valence-electron chi connectivity index (χ4n) is 1.85. The van der Waals surface area contributed by atoms with E-state index in [1.54, 1.807) is 0 Å². The number of hydrogen-bond donors (Lipinski definition) is 2. The van der Waals surface area contributed by atoms with Crippen LogP contribution in [0.15, 0.2) is 30.3 Å². The predicted molar refractivity (Wildman–Crippen MR) is 60.6 cm³/mol. The SMILES string of the molecule is CC(CC1CCN1)Nc1ccccc1. The number of benzene rings is 1. The van der Waals surface area contributed by atoms with Crippen LogP contribution in [0.1, 0.15) is 19.8 Å². The summed E-state index contributed by atoms with van der Waals surface area (Å²) in [5, 5.41) is 6.92. The van der Waals surface area contributed by atoms with Crippen LogP contribution >= 0.6 is 0 Å². The van der Waals surface area contributed by atoms with Crippen molar-refractivity contribution in [2.24, 2.45) is 0 Å². The van der Waals surface area contributed by atoms with Gasteiger partial charge in [0.2, 0.25) is 0 Å². The first-order valence-corrected chi connectivity index (χ1v) is 5.39. The predicted octanol–water partition coefficient (Wildman–Crippen LogP) is 2.24. The zero-order chi connectivity index (χ0) is 9.80. The van der Waals surface area contributed by atoms with E-state index in [2.05, 4.69) is 41.8 Å². The third-order valence-electron chi connectivity index (χ3n) is 2.75. The largest absolute Gasteiger partial charge is 0.383 e. The molecule has 2 N–H and O–H groups in total. The average molecular weight is 190 g/mol. The minimum absolute atomic E-state index is 0.551. The second kappa shape index (κ2) is 4.47. The van der Waals surface area contributed by atoms with Crippen molar-refractivity contribution in [3.05, 3.63) is 30.3 Å². The van der Waals surface area contributed by atoms with Gasteiger partial charge in [0.05, 0.1) is 0 Å². The normalized spacial score (nSPS) is 22.5. The third kappa shape index (κ3) is 2.48. The number of rotatable bonds is 4. The van der Waals surface area contributed by atoms with Gasteiger partial charge in [-0.05, 0) is 38.4 Å². The molecule has 1 fully saturated rings. The van der Waals surface area contributed by atoms with Gasteiger partial charge in [0.25, 0.3) is 0 Å². The Hall–Kier alpha value is -1.02. The number of para-hydroxylation sites is 1. The van der Waals surface area contributed by atoms with Gasteiger partial charge in [0.15, 0.2) is 0 Å². The lowest BCUT2D eigenvalue weighted by molar-refractivity contribution is 0.339. The lowest BCUT2D eigenvalue weighted by Crippen LogP contribution is -2.45. The van der Waals surface area contributed by atoms with Crippen molar-refractivity contribution in [3.8, 4) is 0 Å². The maximum atomic E-state index is 3.50. The Morgan fingerprint density at radius 3 is 2.71 bits per heavy atom. The second-order valence-electron chi connectivity index (χ2n) is 4.09. The van der Waals surface area contributed by atoms with Crippen molar-refractivity contribution < 1.29 is 0 Å². The van der Waals surface area contributed by atoms with E-state index in [-0.39, 0.29) is 0 Å². The zero-order valence-electron chi connectivity index (χ0n) is 8.66. The molecule has 2 nitrogen and oxygen atoms in total. The van der Waals surface area contributed by atoms with Crippen LogP contribution in [0, 0.1) is 0 Å². The van der Waals surface area contributed by atoms with Crippen LogP contribution in [0.2, 0.25) is 0 Å². The van der Waals surface area contributed by atoms with Gasteiger partial charge in [-0.1, -0.05) is 18.2 Å². The fourth-order valence-corrected chi connectivity index (χ4v) is 1.85. The summed E-state index contributed by atoms with van der Waals surface area (Å²) in [6.45, 7) is 3.44. The molecule has 2 rings (SSSR count). The molecule has 0 amide bonds. The number of hydrogen-bond acceptors (Lipinski definition) is 2. The Labute approximate surface area is 85.7 Å². The van der Waals surface area contributed by atoms with E-state index < -0.39 is 0 Å². The highest BCUT2D eigenvalue weighted by Gasteiger charge is 2.18. The standard InChI is InChI=1S/C12H18N2/c1-10(9-12-7-8-13-12)14-11-5-3-2-4-6-11/h2-6,10,12-14H,7-9H2,1H3. The molecular formula is C12H18N2. The Morgan fingerprint density at radius 2 is 2.14 bits per heavy atom. The minimum Gasteiger partial charge on any atom is -0.383 e. The van der Waals surface area contributed by atoms with Gasteiger partial charge in [-0.2, -0.15) is 0 Å². The minimum atomic E-state index is 0.551. The van der Waals surface area contributed by atoms with Gasteiger partial charge in [0, 0.05) is 17.8 Å². The van der Waals surface area contributed by atoms with E-state index in [1.165, 1.54) is 25.1 Å². The lowest BCUT2D eigenvalue weighted by atomic mass is 9.99. The first-order valence-electron chi connectivity index (χ1n) is 5.39. The molecule has 76 valence electrons. The van der Waals surface area contributed by atoms with Crippen LogP contribution in [-0.4, -0.2) is 18.6 Å². The van der Waals surface area contributed by atoms with Crippen molar-refractivity contribution in [2.45, 2.75) is 31.8 Å². The summed E-state index contributed by atoms with van der Waals surface area (Å²) >= 11 is 0.